The second kappa shape index (κ2) is 4.75. The molecule has 2 fully saturated rings. The number of aromatic nitrogens is 2. The molecular weight excluding hydrogens is 224 g/mol. The summed E-state index contributed by atoms with van der Waals surface area (Å²) in [6.45, 7) is 4.93. The first kappa shape index (κ1) is 11.8. The van der Waals surface area contributed by atoms with Gasteiger partial charge in [-0.3, -0.25) is 0 Å². The summed E-state index contributed by atoms with van der Waals surface area (Å²) in [5.74, 6) is 4.52. The Morgan fingerprint density at radius 2 is 1.78 bits per heavy atom. The third-order valence-corrected chi connectivity index (χ3v) is 3.77. The number of aryl methyl sites for hydroxylation is 1. The lowest BCUT2D eigenvalue weighted by Gasteiger charge is -2.19. The molecule has 3 rings (SSSR count). The number of anilines is 2. The molecule has 2 saturated carbocycles. The van der Waals surface area contributed by atoms with E-state index in [1.54, 1.807) is 0 Å². The normalized spacial score (nSPS) is 19.1. The molecule has 4 nitrogen and oxygen atoms in total. The molecule has 0 aromatic carbocycles. The van der Waals surface area contributed by atoms with E-state index >= 15 is 0 Å². The molecule has 18 heavy (non-hydrogen) atoms. The average Bonchev–Trinajstić information content (AvgIpc) is 3.18. The lowest BCUT2D eigenvalue weighted by molar-refractivity contribution is 0.565. The second-order valence-corrected chi connectivity index (χ2v) is 5.56. The Hall–Kier alpha value is -1.32. The van der Waals surface area contributed by atoms with E-state index in [1.807, 2.05) is 13.0 Å². The molecule has 1 aromatic heterocycles. The zero-order chi connectivity index (χ0) is 12.5. The zero-order valence-corrected chi connectivity index (χ0v) is 11.2. The molecule has 0 spiro atoms. The largest absolute Gasteiger partial charge is 0.370 e. The summed E-state index contributed by atoms with van der Waals surface area (Å²) in [6.07, 6.45) is 5.55. The number of nitrogens with one attached hydrogen (secondary N) is 2. The van der Waals surface area contributed by atoms with Gasteiger partial charge in [0.2, 0.25) is 0 Å². The summed E-state index contributed by atoms with van der Waals surface area (Å²) < 4.78 is 0. The first-order chi connectivity index (χ1) is 8.76. The Bertz CT molecular complexity index is 412. The molecule has 0 atom stereocenters. The van der Waals surface area contributed by atoms with Crippen LogP contribution < -0.4 is 10.6 Å². The molecule has 2 aliphatic carbocycles. The molecule has 98 valence electrons. The van der Waals surface area contributed by atoms with E-state index in [9.17, 15) is 0 Å². The number of rotatable bonds is 6. The van der Waals surface area contributed by atoms with Gasteiger partial charge in [-0.2, -0.15) is 0 Å². The molecular formula is C14H22N4. The fraction of sp³-hybridized carbons (Fsp3) is 0.714. The maximum Gasteiger partial charge on any atom is 0.132 e. The number of hydrogen-bond donors (Lipinski definition) is 2. The van der Waals surface area contributed by atoms with Gasteiger partial charge >= 0.3 is 0 Å². The van der Waals surface area contributed by atoms with Crippen LogP contribution in [0.1, 0.15) is 38.4 Å². The maximum absolute atomic E-state index is 4.51. The SMILES string of the molecule is CCNc1cc(NC(C2CC2)C2CC2)nc(C)n1. The van der Waals surface area contributed by atoms with Crippen molar-refractivity contribution in [1.82, 2.24) is 9.97 Å². The first-order valence-electron chi connectivity index (χ1n) is 7.12. The van der Waals surface area contributed by atoms with E-state index in [1.165, 1.54) is 25.7 Å². The average molecular weight is 246 g/mol. The lowest BCUT2D eigenvalue weighted by Crippen LogP contribution is -2.25. The lowest BCUT2D eigenvalue weighted by atomic mass is 10.1. The standard InChI is InChI=1S/C14H22N4/c1-3-15-12-8-13(17-9(2)16-12)18-14(10-4-5-10)11-6-7-11/h8,10-11,14H,3-7H2,1-2H3,(H2,15,16,17,18). The van der Waals surface area contributed by atoms with E-state index < -0.39 is 0 Å². The van der Waals surface area contributed by atoms with Crippen LogP contribution in [0.2, 0.25) is 0 Å². The molecule has 0 saturated heterocycles. The van der Waals surface area contributed by atoms with Crippen molar-refractivity contribution in [1.29, 1.82) is 0 Å². The van der Waals surface area contributed by atoms with Gasteiger partial charge in [0.05, 0.1) is 0 Å². The van der Waals surface area contributed by atoms with Gasteiger partial charge in [0.15, 0.2) is 0 Å². The monoisotopic (exact) mass is 246 g/mol. The molecule has 0 bridgehead atoms. The minimum Gasteiger partial charge on any atom is -0.370 e. The summed E-state index contributed by atoms with van der Waals surface area (Å²) in [6, 6.07) is 2.68. The summed E-state index contributed by atoms with van der Waals surface area (Å²) in [7, 11) is 0. The second-order valence-electron chi connectivity index (χ2n) is 5.56. The first-order valence-corrected chi connectivity index (χ1v) is 7.12. The summed E-state index contributed by atoms with van der Waals surface area (Å²) in [5, 5.41) is 6.91. The van der Waals surface area contributed by atoms with Gasteiger partial charge in [-0.05, 0) is 51.4 Å². The van der Waals surface area contributed by atoms with Crippen molar-refractivity contribution in [3.05, 3.63) is 11.9 Å². The van der Waals surface area contributed by atoms with Crippen LogP contribution >= 0.6 is 0 Å². The van der Waals surface area contributed by atoms with Crippen molar-refractivity contribution < 1.29 is 0 Å². The van der Waals surface area contributed by atoms with Crippen LogP contribution in [0.25, 0.3) is 0 Å². The van der Waals surface area contributed by atoms with E-state index in [-0.39, 0.29) is 0 Å². The van der Waals surface area contributed by atoms with E-state index in [0.717, 1.165) is 35.8 Å². The fourth-order valence-electron chi connectivity index (χ4n) is 2.62. The van der Waals surface area contributed by atoms with Crippen LogP contribution in [-0.4, -0.2) is 22.6 Å². The van der Waals surface area contributed by atoms with E-state index in [0.29, 0.717) is 6.04 Å². The predicted octanol–water partition coefficient (Wildman–Crippen LogP) is 2.82. The van der Waals surface area contributed by atoms with Crippen LogP contribution in [0.3, 0.4) is 0 Å². The summed E-state index contributed by atoms with van der Waals surface area (Å²) >= 11 is 0. The Morgan fingerprint density at radius 1 is 1.17 bits per heavy atom. The molecule has 1 aromatic rings. The summed E-state index contributed by atoms with van der Waals surface area (Å²) in [5.41, 5.74) is 0. The van der Waals surface area contributed by atoms with Gasteiger partial charge < -0.3 is 10.6 Å². The van der Waals surface area contributed by atoms with Crippen molar-refractivity contribution in [3.8, 4) is 0 Å². The third kappa shape index (κ3) is 2.74. The quantitative estimate of drug-likeness (QED) is 0.810. The van der Waals surface area contributed by atoms with Crippen LogP contribution in [0.15, 0.2) is 6.07 Å². The van der Waals surface area contributed by atoms with Gasteiger partial charge in [-0.1, -0.05) is 0 Å². The molecule has 2 N–H and O–H groups in total. The Morgan fingerprint density at radius 3 is 2.33 bits per heavy atom. The Labute approximate surface area is 109 Å². The van der Waals surface area contributed by atoms with Gasteiger partial charge in [-0.25, -0.2) is 9.97 Å². The Balaban J connectivity index is 1.73. The zero-order valence-electron chi connectivity index (χ0n) is 11.2. The smallest absolute Gasteiger partial charge is 0.132 e. The highest BCUT2D eigenvalue weighted by Gasteiger charge is 2.41. The van der Waals surface area contributed by atoms with Crippen LogP contribution in [0, 0.1) is 18.8 Å². The van der Waals surface area contributed by atoms with Gasteiger partial charge in [-0.15, -0.1) is 0 Å². The molecule has 1 heterocycles. The minimum absolute atomic E-state index is 0.647. The highest BCUT2D eigenvalue weighted by molar-refractivity contribution is 5.48. The van der Waals surface area contributed by atoms with Gasteiger partial charge in [0.1, 0.15) is 17.5 Å². The van der Waals surface area contributed by atoms with Crippen molar-refractivity contribution in [3.63, 3.8) is 0 Å². The molecule has 0 unspecified atom stereocenters. The minimum atomic E-state index is 0.647. The highest BCUT2D eigenvalue weighted by atomic mass is 15.1. The fourth-order valence-corrected chi connectivity index (χ4v) is 2.62. The number of hydrogen-bond acceptors (Lipinski definition) is 4. The topological polar surface area (TPSA) is 49.8 Å². The van der Waals surface area contributed by atoms with Crippen molar-refractivity contribution in [2.45, 2.75) is 45.6 Å². The summed E-state index contributed by atoms with van der Waals surface area (Å²) in [4.78, 5) is 8.90. The highest BCUT2D eigenvalue weighted by Crippen LogP contribution is 2.45. The van der Waals surface area contributed by atoms with Gasteiger partial charge in [0, 0.05) is 18.7 Å². The van der Waals surface area contributed by atoms with Crippen molar-refractivity contribution >= 4 is 11.6 Å². The molecule has 0 radical (unpaired) electrons. The molecule has 0 amide bonds. The van der Waals surface area contributed by atoms with Crippen LogP contribution in [0.5, 0.6) is 0 Å². The van der Waals surface area contributed by atoms with E-state index in [2.05, 4.69) is 27.5 Å². The molecule has 4 heteroatoms. The third-order valence-electron chi connectivity index (χ3n) is 3.77. The van der Waals surface area contributed by atoms with E-state index in [4.69, 9.17) is 0 Å². The Kier molecular flexibility index (Phi) is 3.10. The maximum atomic E-state index is 4.51. The van der Waals surface area contributed by atoms with Crippen LogP contribution in [0.4, 0.5) is 11.6 Å². The van der Waals surface area contributed by atoms with Crippen molar-refractivity contribution in [2.24, 2.45) is 11.8 Å². The van der Waals surface area contributed by atoms with Crippen LogP contribution in [-0.2, 0) is 0 Å². The van der Waals surface area contributed by atoms with Crippen molar-refractivity contribution in [2.75, 3.05) is 17.2 Å². The molecule has 2 aliphatic rings. The predicted molar refractivity (Wildman–Crippen MR) is 73.8 cm³/mol. The number of nitrogens with zero attached hydrogens (tertiary/aromatic N) is 2. The molecule has 0 aliphatic heterocycles. The van der Waals surface area contributed by atoms with Gasteiger partial charge in [0.25, 0.3) is 0 Å².